The molecule has 0 aliphatic heterocycles. The Bertz CT molecular complexity index is 536. The molecule has 98 valence electrons. The Labute approximate surface area is 112 Å². The van der Waals surface area contributed by atoms with Crippen molar-refractivity contribution >= 4 is 28.7 Å². The predicted molar refractivity (Wildman–Crippen MR) is 78.3 cm³/mol. The first kappa shape index (κ1) is 13.1. The molecule has 2 rings (SSSR count). The van der Waals surface area contributed by atoms with Crippen LogP contribution in [0.4, 0.5) is 5.95 Å². The van der Waals surface area contributed by atoms with Crippen molar-refractivity contribution in [2.24, 2.45) is 0 Å². The highest BCUT2D eigenvalue weighted by Crippen LogP contribution is 2.27. The van der Waals surface area contributed by atoms with Gasteiger partial charge in [0.05, 0.1) is 11.6 Å². The molecule has 0 amide bonds. The minimum Gasteiger partial charge on any atom is -0.489 e. The lowest BCUT2D eigenvalue weighted by atomic mass is 10.3. The number of fused-ring (bicyclic) bond motifs is 1. The van der Waals surface area contributed by atoms with Crippen LogP contribution in [0.1, 0.15) is 13.8 Å². The Kier molecular flexibility index (Phi) is 4.01. The summed E-state index contributed by atoms with van der Waals surface area (Å²) in [5, 5.41) is 0. The summed E-state index contributed by atoms with van der Waals surface area (Å²) in [6.07, 6.45) is 2.22. The quantitative estimate of drug-likeness (QED) is 0.903. The van der Waals surface area contributed by atoms with Crippen molar-refractivity contribution in [2.75, 3.05) is 17.7 Å². The number of hydrogen-bond acceptors (Lipinski definition) is 4. The van der Waals surface area contributed by atoms with E-state index in [1.807, 2.05) is 36.6 Å². The molecule has 5 heteroatoms. The molecule has 1 heterocycles. The molecular weight excluding hydrogens is 246 g/mol. The third-order valence-corrected chi connectivity index (χ3v) is 3.24. The van der Waals surface area contributed by atoms with Crippen LogP contribution < -0.4 is 10.5 Å². The summed E-state index contributed by atoms with van der Waals surface area (Å²) in [5.41, 5.74) is 7.87. The van der Waals surface area contributed by atoms with Gasteiger partial charge in [0.1, 0.15) is 11.3 Å². The average molecular weight is 265 g/mol. The zero-order valence-electron chi connectivity index (χ0n) is 11.0. The zero-order valence-corrected chi connectivity index (χ0v) is 11.8. The molecule has 0 unspecified atom stereocenters. The van der Waals surface area contributed by atoms with Crippen molar-refractivity contribution in [1.82, 2.24) is 9.55 Å². The monoisotopic (exact) mass is 265 g/mol. The van der Waals surface area contributed by atoms with E-state index >= 15 is 0 Å². The summed E-state index contributed by atoms with van der Waals surface area (Å²) in [5.74, 6) is 2.38. The van der Waals surface area contributed by atoms with Gasteiger partial charge in [-0.3, -0.25) is 0 Å². The second-order valence-electron chi connectivity index (χ2n) is 4.40. The van der Waals surface area contributed by atoms with Crippen LogP contribution in [0.5, 0.6) is 5.75 Å². The van der Waals surface area contributed by atoms with Gasteiger partial charge in [-0.15, -0.1) is 0 Å². The van der Waals surface area contributed by atoms with Gasteiger partial charge in [0, 0.05) is 12.3 Å². The lowest BCUT2D eigenvalue weighted by Crippen LogP contribution is -2.06. The number of anilines is 1. The van der Waals surface area contributed by atoms with Crippen LogP contribution in [0.2, 0.25) is 0 Å². The van der Waals surface area contributed by atoms with Crippen molar-refractivity contribution < 1.29 is 4.74 Å². The Hall–Kier alpha value is -1.36. The number of nitrogen functional groups attached to an aromatic ring is 1. The van der Waals surface area contributed by atoms with Crippen LogP contribution in [-0.4, -0.2) is 27.7 Å². The molecule has 18 heavy (non-hydrogen) atoms. The van der Waals surface area contributed by atoms with E-state index in [-0.39, 0.29) is 6.10 Å². The van der Waals surface area contributed by atoms with Crippen molar-refractivity contribution in [1.29, 1.82) is 0 Å². The first-order chi connectivity index (χ1) is 8.63. The number of ether oxygens (including phenoxy) is 1. The molecule has 1 aromatic carbocycles. The van der Waals surface area contributed by atoms with E-state index in [9.17, 15) is 0 Å². The zero-order chi connectivity index (χ0) is 13.1. The maximum atomic E-state index is 5.98. The fraction of sp³-hybridized carbons (Fsp3) is 0.462. The van der Waals surface area contributed by atoms with E-state index in [0.717, 1.165) is 29.1 Å². The van der Waals surface area contributed by atoms with E-state index < -0.39 is 0 Å². The Balaban J connectivity index is 2.45. The van der Waals surface area contributed by atoms with Gasteiger partial charge in [-0.1, -0.05) is 6.07 Å². The van der Waals surface area contributed by atoms with Gasteiger partial charge >= 0.3 is 0 Å². The number of thioether (sulfide) groups is 1. The molecule has 0 spiro atoms. The van der Waals surface area contributed by atoms with Crippen molar-refractivity contribution in [3.63, 3.8) is 0 Å². The third-order valence-electron chi connectivity index (χ3n) is 2.65. The largest absolute Gasteiger partial charge is 0.489 e. The van der Waals surface area contributed by atoms with Gasteiger partial charge in [-0.2, -0.15) is 11.8 Å². The van der Waals surface area contributed by atoms with Crippen LogP contribution in [0, 0.1) is 0 Å². The fourth-order valence-electron chi connectivity index (χ4n) is 1.91. The van der Waals surface area contributed by atoms with E-state index in [1.165, 1.54) is 0 Å². The normalized spacial score (nSPS) is 11.3. The van der Waals surface area contributed by atoms with Crippen LogP contribution in [0.15, 0.2) is 18.2 Å². The summed E-state index contributed by atoms with van der Waals surface area (Å²) in [4.78, 5) is 4.43. The van der Waals surface area contributed by atoms with Crippen LogP contribution in [0.3, 0.4) is 0 Å². The van der Waals surface area contributed by atoms with Crippen LogP contribution in [0.25, 0.3) is 11.0 Å². The average Bonchev–Trinajstić information content (AvgIpc) is 2.63. The number of nitrogens with two attached hydrogens (primary N) is 1. The number of nitrogens with zero attached hydrogens (tertiary/aromatic N) is 2. The van der Waals surface area contributed by atoms with E-state index in [2.05, 4.69) is 11.2 Å². The molecule has 2 aromatic rings. The molecule has 0 saturated heterocycles. The van der Waals surface area contributed by atoms with Crippen molar-refractivity contribution in [3.05, 3.63) is 18.2 Å². The summed E-state index contributed by atoms with van der Waals surface area (Å²) in [6.45, 7) is 4.88. The summed E-state index contributed by atoms with van der Waals surface area (Å²) in [7, 11) is 0. The molecule has 1 aromatic heterocycles. The molecule has 0 fully saturated rings. The topological polar surface area (TPSA) is 53.1 Å². The number of para-hydroxylation sites is 1. The van der Waals surface area contributed by atoms with Gasteiger partial charge in [-0.05, 0) is 32.2 Å². The molecule has 0 radical (unpaired) electrons. The summed E-state index contributed by atoms with van der Waals surface area (Å²) in [6, 6.07) is 5.96. The van der Waals surface area contributed by atoms with Gasteiger partial charge in [-0.25, -0.2) is 4.98 Å². The molecule has 0 bridgehead atoms. The lowest BCUT2D eigenvalue weighted by molar-refractivity contribution is 0.245. The Morgan fingerprint density at radius 2 is 2.22 bits per heavy atom. The molecule has 0 saturated carbocycles. The number of hydrogen-bond donors (Lipinski definition) is 1. The van der Waals surface area contributed by atoms with Crippen molar-refractivity contribution in [3.8, 4) is 5.75 Å². The van der Waals surface area contributed by atoms with E-state index in [4.69, 9.17) is 10.5 Å². The minimum absolute atomic E-state index is 0.133. The lowest BCUT2D eigenvalue weighted by Gasteiger charge is -2.10. The van der Waals surface area contributed by atoms with E-state index in [1.54, 1.807) is 11.8 Å². The highest BCUT2D eigenvalue weighted by molar-refractivity contribution is 7.98. The van der Waals surface area contributed by atoms with Crippen LogP contribution in [-0.2, 0) is 6.54 Å². The Morgan fingerprint density at radius 1 is 1.44 bits per heavy atom. The number of imidazole rings is 1. The minimum atomic E-state index is 0.133. The predicted octanol–water partition coefficient (Wildman–Crippen LogP) is 2.77. The molecule has 0 atom stereocenters. The van der Waals surface area contributed by atoms with Gasteiger partial charge in [0.25, 0.3) is 0 Å². The third kappa shape index (κ3) is 2.56. The number of aryl methyl sites for hydroxylation is 1. The van der Waals surface area contributed by atoms with Gasteiger partial charge < -0.3 is 15.0 Å². The maximum Gasteiger partial charge on any atom is 0.201 e. The van der Waals surface area contributed by atoms with Crippen molar-refractivity contribution in [2.45, 2.75) is 26.5 Å². The highest BCUT2D eigenvalue weighted by Gasteiger charge is 2.12. The first-order valence-electron chi connectivity index (χ1n) is 6.03. The maximum absolute atomic E-state index is 5.98. The van der Waals surface area contributed by atoms with Gasteiger partial charge in [0.15, 0.2) is 0 Å². The smallest absolute Gasteiger partial charge is 0.201 e. The molecule has 4 nitrogen and oxygen atoms in total. The molecule has 0 aliphatic rings. The number of rotatable bonds is 5. The SMILES string of the molecule is CSCCn1c(N)nc2c(OC(C)C)cccc21. The van der Waals surface area contributed by atoms with Gasteiger partial charge in [0.2, 0.25) is 5.95 Å². The standard InChI is InChI=1S/C13H19N3OS/c1-9(2)17-11-6-4-5-10-12(11)15-13(14)16(10)7-8-18-3/h4-6,9H,7-8H2,1-3H3,(H2,14,15). The summed E-state index contributed by atoms with van der Waals surface area (Å²) < 4.78 is 7.80. The van der Waals surface area contributed by atoms with E-state index in [0.29, 0.717) is 5.95 Å². The first-order valence-corrected chi connectivity index (χ1v) is 7.43. The fourth-order valence-corrected chi connectivity index (χ4v) is 2.27. The number of aromatic nitrogens is 2. The molecule has 0 aliphatic carbocycles. The van der Waals surface area contributed by atoms with Crippen LogP contribution >= 0.6 is 11.8 Å². The molecule has 2 N–H and O–H groups in total. The Morgan fingerprint density at radius 3 is 2.89 bits per heavy atom. The summed E-state index contributed by atoms with van der Waals surface area (Å²) >= 11 is 1.80. The second-order valence-corrected chi connectivity index (χ2v) is 5.39. The number of benzene rings is 1. The molecular formula is C13H19N3OS. The highest BCUT2D eigenvalue weighted by atomic mass is 32.2. The second kappa shape index (κ2) is 5.52.